The van der Waals surface area contributed by atoms with Crippen LogP contribution in [0.3, 0.4) is 0 Å². The number of aromatic nitrogens is 1. The molecule has 1 amide bonds. The lowest BCUT2D eigenvalue weighted by atomic mass is 9.96. The molecule has 1 unspecified atom stereocenters. The molecule has 2 aromatic heterocycles. The van der Waals surface area contributed by atoms with E-state index in [1.54, 1.807) is 23.5 Å². The van der Waals surface area contributed by atoms with Crippen LogP contribution < -0.4 is 5.32 Å². The van der Waals surface area contributed by atoms with Gasteiger partial charge in [0.05, 0.1) is 17.3 Å². The fraction of sp³-hybridized carbons (Fsp3) is 0.208. The Hall–Kier alpha value is -2.94. The van der Waals surface area contributed by atoms with Gasteiger partial charge in [0.1, 0.15) is 0 Å². The molecule has 0 bridgehead atoms. The van der Waals surface area contributed by atoms with E-state index in [0.29, 0.717) is 12.1 Å². The lowest BCUT2D eigenvalue weighted by Crippen LogP contribution is -2.28. The summed E-state index contributed by atoms with van der Waals surface area (Å²) in [4.78, 5) is 17.5. The van der Waals surface area contributed by atoms with Crippen LogP contribution in [0.1, 0.15) is 26.7 Å². The van der Waals surface area contributed by atoms with E-state index in [1.807, 2.05) is 35.8 Å². The van der Waals surface area contributed by atoms with Gasteiger partial charge in [-0.25, -0.2) is 8.42 Å². The van der Waals surface area contributed by atoms with Gasteiger partial charge >= 0.3 is 0 Å². The summed E-state index contributed by atoms with van der Waals surface area (Å²) in [5, 5.41) is 6.18. The van der Waals surface area contributed by atoms with E-state index in [1.165, 1.54) is 19.2 Å². The molecule has 0 saturated carbocycles. The smallest absolute Gasteiger partial charge is 0.251 e. The first-order valence-corrected chi connectivity index (χ1v) is 12.7. The summed E-state index contributed by atoms with van der Waals surface area (Å²) in [7, 11) is -1.97. The topological polar surface area (TPSA) is 88.3 Å². The molecule has 0 saturated heterocycles. The second kappa shape index (κ2) is 9.68. The molecule has 0 aliphatic heterocycles. The van der Waals surface area contributed by atoms with E-state index in [0.717, 1.165) is 21.3 Å². The van der Waals surface area contributed by atoms with Crippen molar-refractivity contribution >= 4 is 38.0 Å². The highest BCUT2D eigenvalue weighted by Gasteiger charge is 2.21. The predicted octanol–water partition coefficient (Wildman–Crippen LogP) is 4.21. The van der Waals surface area contributed by atoms with Crippen LogP contribution in [0.2, 0.25) is 0 Å². The van der Waals surface area contributed by atoms with Crippen molar-refractivity contribution in [2.45, 2.75) is 10.8 Å². The zero-order chi connectivity index (χ0) is 22.6. The summed E-state index contributed by atoms with van der Waals surface area (Å²) in [6.07, 6.45) is 2.00. The number of rotatable bonds is 9. The molecule has 8 heteroatoms. The van der Waals surface area contributed by atoms with Crippen molar-refractivity contribution in [2.75, 3.05) is 26.0 Å². The second-order valence-electron chi connectivity index (χ2n) is 7.40. The lowest BCUT2D eigenvalue weighted by molar-refractivity contribution is 0.0952. The summed E-state index contributed by atoms with van der Waals surface area (Å²) in [6.45, 7) is 0.553. The molecule has 6 nitrogen and oxygen atoms in total. The number of methoxy groups -OCH3 is 1. The summed E-state index contributed by atoms with van der Waals surface area (Å²) >= 11 is 1.65. The predicted molar refractivity (Wildman–Crippen MR) is 127 cm³/mol. The monoisotopic (exact) mass is 468 g/mol. The van der Waals surface area contributed by atoms with Gasteiger partial charge in [0.2, 0.25) is 0 Å². The van der Waals surface area contributed by atoms with Gasteiger partial charge in [0.25, 0.3) is 5.91 Å². The van der Waals surface area contributed by atoms with Crippen molar-refractivity contribution in [3.05, 3.63) is 88.2 Å². The van der Waals surface area contributed by atoms with Crippen LogP contribution in [0, 0.1) is 0 Å². The molecular formula is C24H24N2O4S2. The Kier molecular flexibility index (Phi) is 6.74. The van der Waals surface area contributed by atoms with Gasteiger partial charge in [-0.05, 0) is 47.3 Å². The average Bonchev–Trinajstić information content (AvgIpc) is 3.49. The molecule has 32 heavy (non-hydrogen) atoms. The fourth-order valence-electron chi connectivity index (χ4n) is 3.66. The van der Waals surface area contributed by atoms with E-state index in [4.69, 9.17) is 4.74 Å². The highest BCUT2D eigenvalue weighted by atomic mass is 32.2. The first-order valence-electron chi connectivity index (χ1n) is 10.2. The first kappa shape index (κ1) is 22.3. The first-order chi connectivity index (χ1) is 15.5. The summed E-state index contributed by atoms with van der Waals surface area (Å²) in [6, 6.07) is 18.2. The summed E-state index contributed by atoms with van der Waals surface area (Å²) in [5.41, 5.74) is 2.60. The number of hydrogen-bond donors (Lipinski definition) is 2. The third-order valence-corrected chi connectivity index (χ3v) is 8.06. The molecule has 4 aromatic rings. The molecule has 166 valence electrons. The number of para-hydroxylation sites is 1. The molecule has 4 rings (SSSR count). The standard InChI is InChI=1S/C24H24N2O4S2/c1-30-12-14-32(28,29)18-10-8-17(9-11-18)24(27)26-16-21(23-7-4-13-31-23)20-15-25-22-6-3-2-5-19(20)22/h2-11,13,15,21,25H,12,14,16H2,1H3,(H,26,27). The lowest BCUT2D eigenvalue weighted by Gasteiger charge is -2.16. The van der Waals surface area contributed by atoms with Gasteiger partial charge in [-0.15, -0.1) is 11.3 Å². The SMILES string of the molecule is COCCS(=O)(=O)c1ccc(C(=O)NCC(c2cccs2)c2c[nH]c3ccccc23)cc1. The Bertz CT molecular complexity index is 1290. The Morgan fingerprint density at radius 1 is 1.09 bits per heavy atom. The van der Waals surface area contributed by atoms with Crippen LogP contribution in [0.25, 0.3) is 10.9 Å². The van der Waals surface area contributed by atoms with Gasteiger partial charge < -0.3 is 15.0 Å². The van der Waals surface area contributed by atoms with Crippen LogP contribution in [0.4, 0.5) is 0 Å². The molecular weight excluding hydrogens is 444 g/mol. The molecule has 2 aromatic carbocycles. The number of benzene rings is 2. The Labute approximate surface area is 191 Å². The highest BCUT2D eigenvalue weighted by Crippen LogP contribution is 2.32. The van der Waals surface area contributed by atoms with Crippen molar-refractivity contribution in [3.63, 3.8) is 0 Å². The quantitative estimate of drug-likeness (QED) is 0.385. The number of hydrogen-bond acceptors (Lipinski definition) is 5. The van der Waals surface area contributed by atoms with Crippen molar-refractivity contribution < 1.29 is 17.9 Å². The fourth-order valence-corrected chi connectivity index (χ4v) is 5.68. The molecule has 2 N–H and O–H groups in total. The van der Waals surface area contributed by atoms with Crippen LogP contribution >= 0.6 is 11.3 Å². The number of aromatic amines is 1. The number of sulfone groups is 1. The normalized spacial score (nSPS) is 12.7. The summed E-state index contributed by atoms with van der Waals surface area (Å²) < 4.78 is 29.4. The number of carbonyl (C=O) groups excluding carboxylic acids is 1. The number of amides is 1. The third kappa shape index (κ3) is 4.77. The minimum Gasteiger partial charge on any atom is -0.384 e. The molecule has 1 atom stereocenters. The van der Waals surface area contributed by atoms with Crippen molar-refractivity contribution in [1.82, 2.24) is 10.3 Å². The minimum atomic E-state index is -3.43. The molecule has 2 heterocycles. The Balaban J connectivity index is 1.51. The van der Waals surface area contributed by atoms with E-state index in [9.17, 15) is 13.2 Å². The van der Waals surface area contributed by atoms with E-state index >= 15 is 0 Å². The number of fused-ring (bicyclic) bond motifs is 1. The van der Waals surface area contributed by atoms with E-state index < -0.39 is 9.84 Å². The number of H-pyrrole nitrogens is 1. The second-order valence-corrected chi connectivity index (χ2v) is 10.5. The number of nitrogens with one attached hydrogen (secondary N) is 2. The van der Waals surface area contributed by atoms with Crippen LogP contribution in [-0.2, 0) is 14.6 Å². The van der Waals surface area contributed by atoms with Gasteiger partial charge in [-0.2, -0.15) is 0 Å². The van der Waals surface area contributed by atoms with Crippen LogP contribution in [-0.4, -0.2) is 45.3 Å². The summed E-state index contributed by atoms with van der Waals surface area (Å²) in [5.74, 6) is -0.335. The van der Waals surface area contributed by atoms with Crippen LogP contribution in [0.5, 0.6) is 0 Å². The largest absolute Gasteiger partial charge is 0.384 e. The van der Waals surface area contributed by atoms with E-state index in [2.05, 4.69) is 22.4 Å². The number of carbonyl (C=O) groups is 1. The zero-order valence-electron chi connectivity index (χ0n) is 17.6. The maximum Gasteiger partial charge on any atom is 0.251 e. The van der Waals surface area contributed by atoms with Gasteiger partial charge in [0, 0.05) is 47.1 Å². The van der Waals surface area contributed by atoms with Crippen LogP contribution in [0.15, 0.2) is 77.1 Å². The zero-order valence-corrected chi connectivity index (χ0v) is 19.2. The maximum absolute atomic E-state index is 12.8. The molecule has 0 radical (unpaired) electrons. The van der Waals surface area contributed by atoms with Gasteiger partial charge in [0.15, 0.2) is 9.84 Å². The molecule has 0 fully saturated rings. The average molecular weight is 469 g/mol. The minimum absolute atomic E-state index is 0.00351. The molecule has 0 aliphatic carbocycles. The van der Waals surface area contributed by atoms with Gasteiger partial charge in [-0.3, -0.25) is 4.79 Å². The Morgan fingerprint density at radius 3 is 2.59 bits per heavy atom. The van der Waals surface area contributed by atoms with Crippen molar-refractivity contribution in [2.24, 2.45) is 0 Å². The van der Waals surface area contributed by atoms with Gasteiger partial charge in [-0.1, -0.05) is 24.3 Å². The molecule has 0 spiro atoms. The van der Waals surface area contributed by atoms with Crippen molar-refractivity contribution in [1.29, 1.82) is 0 Å². The van der Waals surface area contributed by atoms with Crippen molar-refractivity contribution in [3.8, 4) is 0 Å². The number of thiophene rings is 1. The van der Waals surface area contributed by atoms with E-state index in [-0.39, 0.29) is 29.1 Å². The Morgan fingerprint density at radius 2 is 1.88 bits per heavy atom. The number of ether oxygens (including phenoxy) is 1. The molecule has 0 aliphatic rings. The third-order valence-electron chi connectivity index (χ3n) is 5.38. The maximum atomic E-state index is 12.8. The highest BCUT2D eigenvalue weighted by molar-refractivity contribution is 7.91.